The minimum absolute atomic E-state index is 0.00523. The number of nitrogens with one attached hydrogen (secondary N) is 6. The minimum Gasteiger partial charge on any atom is -0.393 e. The molecule has 0 aromatic heterocycles. The van der Waals surface area contributed by atoms with Gasteiger partial charge in [0, 0.05) is 48.8 Å². The Labute approximate surface area is 462 Å². The Hall–Kier alpha value is -8.50. The molecule has 5 aromatic carbocycles. The van der Waals surface area contributed by atoms with Crippen molar-refractivity contribution < 1.29 is 63.0 Å². The van der Waals surface area contributed by atoms with Crippen LogP contribution in [0.5, 0.6) is 0 Å². The summed E-state index contributed by atoms with van der Waals surface area (Å²) in [6, 6.07) is 33.4. The van der Waals surface area contributed by atoms with E-state index in [1.807, 2.05) is 100 Å². The SMILES string of the molecule is CC(=O)NC[C@H](NC(=O)c1cccc(-c2ccccc2)c1)C(=O)NC(CC(C)C)C(=O)C1(CO)CO1.CC(C)CC(NC(=O)[C@H](CNC(=O)c1ccc([N+](=O)[O-])cc1)NC(=O)c1cccc(-c2ccccc2)c1)C(=O)C1(CO)CO1. The predicted octanol–water partition coefficient (Wildman–Crippen LogP) is 4.10. The fourth-order valence-corrected chi connectivity index (χ4v) is 8.50. The fourth-order valence-electron chi connectivity index (χ4n) is 8.50. The third-order valence-electron chi connectivity index (χ3n) is 13.1. The van der Waals surface area contributed by atoms with Gasteiger partial charge in [0.2, 0.25) is 17.7 Å². The van der Waals surface area contributed by atoms with Crippen molar-refractivity contribution in [3.05, 3.63) is 160 Å². The van der Waals surface area contributed by atoms with Crippen molar-refractivity contribution in [2.45, 2.75) is 82.8 Å². The van der Waals surface area contributed by atoms with Gasteiger partial charge in [-0.3, -0.25) is 48.5 Å². The van der Waals surface area contributed by atoms with Gasteiger partial charge in [-0.05, 0) is 83.3 Å². The molecule has 2 aliphatic heterocycles. The Balaban J connectivity index is 0.000000263. The molecule has 6 atom stereocenters. The van der Waals surface area contributed by atoms with Gasteiger partial charge in [0.1, 0.15) is 12.1 Å². The molecule has 422 valence electrons. The highest BCUT2D eigenvalue weighted by Gasteiger charge is 2.55. The number of hydrogen-bond acceptors (Lipinski definition) is 14. The summed E-state index contributed by atoms with van der Waals surface area (Å²) in [6.45, 7) is 7.48. The average Bonchev–Trinajstić information content (AvgIpc) is 4.44. The number of nitrogens with zero attached hydrogens (tertiary/aromatic N) is 1. The van der Waals surface area contributed by atoms with Gasteiger partial charge in [-0.25, -0.2) is 0 Å². The van der Waals surface area contributed by atoms with Crippen LogP contribution in [0.15, 0.2) is 133 Å². The van der Waals surface area contributed by atoms with Gasteiger partial charge in [0.25, 0.3) is 23.4 Å². The highest BCUT2D eigenvalue weighted by Crippen LogP contribution is 2.31. The third kappa shape index (κ3) is 16.8. The second-order valence-electron chi connectivity index (χ2n) is 20.4. The van der Waals surface area contributed by atoms with Crippen LogP contribution >= 0.6 is 0 Å². The van der Waals surface area contributed by atoms with E-state index in [9.17, 15) is 58.7 Å². The maximum Gasteiger partial charge on any atom is 0.269 e. The summed E-state index contributed by atoms with van der Waals surface area (Å²) in [5.74, 6) is -4.25. The van der Waals surface area contributed by atoms with E-state index in [-0.39, 0.29) is 67.3 Å². The van der Waals surface area contributed by atoms with Crippen molar-refractivity contribution in [2.24, 2.45) is 11.8 Å². The summed E-state index contributed by atoms with van der Waals surface area (Å²) >= 11 is 0. The molecule has 4 unspecified atom stereocenters. The van der Waals surface area contributed by atoms with Crippen LogP contribution in [-0.4, -0.2) is 137 Å². The number of carbonyl (C=O) groups is 8. The molecular formula is C59H67N7O14. The first kappa shape index (κ1) is 60.7. The Morgan fingerprint density at radius 1 is 0.512 bits per heavy atom. The molecule has 7 rings (SSSR count). The summed E-state index contributed by atoms with van der Waals surface area (Å²) in [4.78, 5) is 114. The maximum absolute atomic E-state index is 13.6. The lowest BCUT2D eigenvalue weighted by atomic mass is 9.92. The number of Topliss-reactive ketones (excluding diaryl/α,β-unsaturated/α-hetero) is 2. The first-order chi connectivity index (χ1) is 38.2. The summed E-state index contributed by atoms with van der Waals surface area (Å²) in [5, 5.41) is 46.1. The van der Waals surface area contributed by atoms with Crippen molar-refractivity contribution in [3.63, 3.8) is 0 Å². The van der Waals surface area contributed by atoms with Gasteiger partial charge >= 0.3 is 0 Å². The molecule has 2 saturated heterocycles. The van der Waals surface area contributed by atoms with Crippen LogP contribution in [0.3, 0.4) is 0 Å². The first-order valence-electron chi connectivity index (χ1n) is 26.1. The van der Waals surface area contributed by atoms with Gasteiger partial charge in [-0.1, -0.05) is 113 Å². The second-order valence-corrected chi connectivity index (χ2v) is 20.4. The smallest absolute Gasteiger partial charge is 0.269 e. The first-order valence-corrected chi connectivity index (χ1v) is 26.1. The number of rotatable bonds is 26. The number of nitro groups is 1. The Bertz CT molecular complexity index is 3020. The van der Waals surface area contributed by atoms with E-state index in [1.165, 1.54) is 31.2 Å². The Kier molecular flexibility index (Phi) is 21.2. The number of benzene rings is 5. The third-order valence-corrected chi connectivity index (χ3v) is 13.1. The molecule has 2 aliphatic rings. The lowest BCUT2D eigenvalue weighted by molar-refractivity contribution is -0.384. The van der Waals surface area contributed by atoms with Crippen molar-refractivity contribution in [1.82, 2.24) is 31.9 Å². The fraction of sp³-hybridized carbons (Fsp3) is 0.356. The zero-order chi connectivity index (χ0) is 58.1. The average molecular weight is 1100 g/mol. The van der Waals surface area contributed by atoms with E-state index in [0.29, 0.717) is 12.0 Å². The van der Waals surface area contributed by atoms with E-state index in [0.717, 1.165) is 22.3 Å². The van der Waals surface area contributed by atoms with Crippen LogP contribution in [0, 0.1) is 22.0 Å². The number of epoxide rings is 2. The quantitative estimate of drug-likeness (QED) is 0.0220. The van der Waals surface area contributed by atoms with Crippen LogP contribution in [0.25, 0.3) is 22.3 Å². The normalized spacial score (nSPS) is 17.4. The van der Waals surface area contributed by atoms with Crippen molar-refractivity contribution in [1.29, 1.82) is 0 Å². The van der Waals surface area contributed by atoms with E-state index in [2.05, 4.69) is 31.9 Å². The van der Waals surface area contributed by atoms with E-state index >= 15 is 0 Å². The molecule has 0 spiro atoms. The number of aliphatic hydroxyl groups is 2. The number of ether oxygens (including phenoxy) is 2. The van der Waals surface area contributed by atoms with Crippen LogP contribution < -0.4 is 31.9 Å². The maximum atomic E-state index is 13.6. The summed E-state index contributed by atoms with van der Waals surface area (Å²) < 4.78 is 10.4. The van der Waals surface area contributed by atoms with Gasteiger partial charge < -0.3 is 51.6 Å². The van der Waals surface area contributed by atoms with Crippen LogP contribution in [0.1, 0.15) is 78.5 Å². The van der Waals surface area contributed by atoms with Crippen LogP contribution in [-0.2, 0) is 33.4 Å². The molecule has 21 nitrogen and oxygen atoms in total. The van der Waals surface area contributed by atoms with E-state index in [4.69, 9.17) is 9.47 Å². The number of nitro benzene ring substituents is 1. The van der Waals surface area contributed by atoms with E-state index in [1.54, 1.807) is 36.4 Å². The molecule has 0 saturated carbocycles. The van der Waals surface area contributed by atoms with Gasteiger partial charge in [0.05, 0.1) is 43.4 Å². The number of non-ortho nitro benzene ring substituents is 1. The standard InChI is InChI=1S/C32H34N4O8.C27H33N3O6/c1-20(2)15-26(28(38)32(18-37)19-44-32)34-31(41)27(17-33-29(39)22-11-13-25(14-12-22)36(42)43)35-30(40)24-10-6-9-23(16-24)21-7-4-3-5-8-21;1-17(2)12-22(24(33)27(15-31)16-36-27)29-26(35)23(14-28-18(3)32)30-25(34)21-11-7-10-20(13-21)19-8-5-4-6-9-19/h3-14,16,20,26-27,37H,15,17-19H2,1-2H3,(H,33,39)(H,34,41)(H,35,40);4-11,13,17,22-23,31H,12,14-16H2,1-3H3,(H,28,32)(H,29,35)(H,30,34)/t26?,27-,32?;22?,23-,27?/m00/s1. The molecular weight excluding hydrogens is 1030 g/mol. The van der Waals surface area contributed by atoms with Crippen molar-refractivity contribution >= 4 is 52.7 Å². The molecule has 2 heterocycles. The molecule has 21 heteroatoms. The van der Waals surface area contributed by atoms with Crippen LogP contribution in [0.2, 0.25) is 0 Å². The molecule has 5 aromatic rings. The largest absolute Gasteiger partial charge is 0.393 e. The molecule has 0 radical (unpaired) electrons. The van der Waals surface area contributed by atoms with E-state index < -0.39 is 94.6 Å². The van der Waals surface area contributed by atoms with Gasteiger partial charge in [-0.2, -0.15) is 0 Å². The highest BCUT2D eigenvalue weighted by molar-refractivity contribution is 6.03. The predicted molar refractivity (Wildman–Crippen MR) is 295 cm³/mol. The highest BCUT2D eigenvalue weighted by atomic mass is 16.6. The van der Waals surface area contributed by atoms with Gasteiger partial charge in [0.15, 0.2) is 22.8 Å². The Morgan fingerprint density at radius 2 is 0.900 bits per heavy atom. The van der Waals surface area contributed by atoms with Crippen LogP contribution in [0.4, 0.5) is 5.69 Å². The zero-order valence-corrected chi connectivity index (χ0v) is 45.1. The zero-order valence-electron chi connectivity index (χ0n) is 45.1. The molecule has 80 heavy (non-hydrogen) atoms. The molecule has 6 amide bonds. The molecule has 2 fully saturated rings. The second kappa shape index (κ2) is 27.9. The topological polar surface area (TPSA) is 317 Å². The lowest BCUT2D eigenvalue weighted by Gasteiger charge is -2.25. The number of carbonyl (C=O) groups excluding carboxylic acids is 8. The molecule has 0 aliphatic carbocycles. The number of amides is 6. The lowest BCUT2D eigenvalue weighted by Crippen LogP contribution is -2.57. The monoisotopic (exact) mass is 1100 g/mol. The molecule has 0 bridgehead atoms. The summed E-state index contributed by atoms with van der Waals surface area (Å²) in [7, 11) is 0. The number of ketones is 2. The molecule has 8 N–H and O–H groups in total. The summed E-state index contributed by atoms with van der Waals surface area (Å²) in [5.41, 5.74) is 1.33. The van der Waals surface area contributed by atoms with Crippen molar-refractivity contribution in [3.8, 4) is 22.3 Å². The Morgan fingerprint density at radius 3 is 1.25 bits per heavy atom. The van der Waals surface area contributed by atoms with Crippen molar-refractivity contribution in [2.75, 3.05) is 39.5 Å². The summed E-state index contributed by atoms with van der Waals surface area (Å²) in [6.07, 6.45) is 0.584. The van der Waals surface area contributed by atoms with Gasteiger partial charge in [-0.15, -0.1) is 0 Å². The number of hydrogen-bond donors (Lipinski definition) is 8. The minimum atomic E-state index is -1.37. The number of aliphatic hydroxyl groups excluding tert-OH is 2.